The third-order valence-corrected chi connectivity index (χ3v) is 6.05. The number of piperidine rings is 1. The molecule has 0 aromatic heterocycles. The van der Waals surface area contributed by atoms with E-state index in [0.29, 0.717) is 51.0 Å². The van der Waals surface area contributed by atoms with E-state index in [1.54, 1.807) is 0 Å². The number of likely N-dealkylation sites (tertiary alicyclic amines) is 1. The molecule has 0 radical (unpaired) electrons. The molecule has 6 heteroatoms. The fourth-order valence-corrected chi connectivity index (χ4v) is 4.41. The number of rotatable bonds is 14. The quantitative estimate of drug-likeness (QED) is 0.254. The zero-order valence-corrected chi connectivity index (χ0v) is 23.7. The van der Waals surface area contributed by atoms with Gasteiger partial charge in [0.2, 0.25) is 0 Å². The molecule has 0 amide bonds. The number of Topliss-reactive ketones (excluding diaryl/α,β-unsaturated/α-hetero) is 1. The van der Waals surface area contributed by atoms with Crippen molar-refractivity contribution in [1.29, 1.82) is 0 Å². The molecule has 6 nitrogen and oxygen atoms in total. The highest BCUT2D eigenvalue weighted by molar-refractivity contribution is 6.14. The molecule has 3 rings (SSSR count). The van der Waals surface area contributed by atoms with Crippen molar-refractivity contribution in [3.05, 3.63) is 58.7 Å². The van der Waals surface area contributed by atoms with E-state index in [-0.39, 0.29) is 5.78 Å². The predicted molar refractivity (Wildman–Crippen MR) is 154 cm³/mol. The van der Waals surface area contributed by atoms with E-state index in [0.717, 1.165) is 59.6 Å². The van der Waals surface area contributed by atoms with Crippen LogP contribution in [-0.4, -0.2) is 56.7 Å². The summed E-state index contributed by atoms with van der Waals surface area (Å²) in [5.74, 6) is 2.94. The molecule has 2 aromatic carbocycles. The maximum absolute atomic E-state index is 13.6. The van der Waals surface area contributed by atoms with E-state index in [1.165, 1.54) is 0 Å². The summed E-state index contributed by atoms with van der Waals surface area (Å²) < 4.78 is 23.4. The molecule has 0 spiro atoms. The number of ketones is 1. The van der Waals surface area contributed by atoms with Gasteiger partial charge >= 0.3 is 0 Å². The maximum atomic E-state index is 13.6. The number of hydrogen-bond donors (Lipinski definition) is 0. The summed E-state index contributed by atoms with van der Waals surface area (Å²) in [5, 5.41) is 0. The fraction of sp³-hybridized carbons (Fsp3) is 0.469. The summed E-state index contributed by atoms with van der Waals surface area (Å²) >= 11 is 0. The zero-order chi connectivity index (χ0) is 27.3. The highest BCUT2D eigenvalue weighted by atomic mass is 16.5. The van der Waals surface area contributed by atoms with Crippen LogP contribution in [0.4, 0.5) is 0 Å². The lowest BCUT2D eigenvalue weighted by atomic mass is 9.94. The maximum Gasteiger partial charge on any atom is 0.187 e. The lowest BCUT2D eigenvalue weighted by Crippen LogP contribution is -2.38. The molecule has 1 saturated heterocycles. The van der Waals surface area contributed by atoms with Gasteiger partial charge in [0.1, 0.15) is 0 Å². The molecule has 0 aliphatic carbocycles. The highest BCUT2D eigenvalue weighted by Crippen LogP contribution is 2.32. The summed E-state index contributed by atoms with van der Waals surface area (Å²) in [7, 11) is 0. The van der Waals surface area contributed by atoms with Gasteiger partial charge in [0.25, 0.3) is 0 Å². The van der Waals surface area contributed by atoms with Crippen LogP contribution >= 0.6 is 0 Å². The molecule has 1 heterocycles. The Hall–Kier alpha value is -3.25. The molecular formula is C32H43NO5. The Labute approximate surface area is 228 Å². The average molecular weight is 522 g/mol. The molecule has 0 unspecified atom stereocenters. The second-order valence-electron chi connectivity index (χ2n) is 9.35. The first-order chi connectivity index (χ1) is 18.5. The standard InChI is InChI=1S/C32H43NO5/c1-6-15-33-22-26(18-24-11-13-28(37-16-7-2)30(20-24)35-9-4)32(34)27(23-33)19-25-12-14-29(38-17-8-3)31(21-25)36-10-5/h11-14,18-21H,6-10,15-17,22-23H2,1-5H3/b26-18+,27-19+. The first-order valence-electron chi connectivity index (χ1n) is 14.0. The third-order valence-electron chi connectivity index (χ3n) is 6.05. The van der Waals surface area contributed by atoms with Crippen LogP contribution in [0.2, 0.25) is 0 Å². The molecule has 0 N–H and O–H groups in total. The van der Waals surface area contributed by atoms with Gasteiger partial charge in [0, 0.05) is 24.2 Å². The topological polar surface area (TPSA) is 57.2 Å². The minimum absolute atomic E-state index is 0.0749. The van der Waals surface area contributed by atoms with Crippen molar-refractivity contribution in [2.75, 3.05) is 46.1 Å². The van der Waals surface area contributed by atoms with Gasteiger partial charge < -0.3 is 18.9 Å². The van der Waals surface area contributed by atoms with Crippen molar-refractivity contribution in [3.8, 4) is 23.0 Å². The van der Waals surface area contributed by atoms with Crippen molar-refractivity contribution in [2.24, 2.45) is 0 Å². The molecule has 38 heavy (non-hydrogen) atoms. The monoisotopic (exact) mass is 521 g/mol. The van der Waals surface area contributed by atoms with Crippen LogP contribution in [0.25, 0.3) is 12.2 Å². The lowest BCUT2D eigenvalue weighted by molar-refractivity contribution is -0.113. The van der Waals surface area contributed by atoms with Crippen LogP contribution in [-0.2, 0) is 4.79 Å². The van der Waals surface area contributed by atoms with Gasteiger partial charge in [-0.2, -0.15) is 0 Å². The molecule has 1 fully saturated rings. The number of carbonyl (C=O) groups is 1. The van der Waals surface area contributed by atoms with Crippen LogP contribution in [0.3, 0.4) is 0 Å². The van der Waals surface area contributed by atoms with Gasteiger partial charge in [-0.25, -0.2) is 0 Å². The number of nitrogens with zero attached hydrogens (tertiary/aromatic N) is 1. The van der Waals surface area contributed by atoms with Crippen LogP contribution in [0.5, 0.6) is 23.0 Å². The molecule has 2 aromatic rings. The first-order valence-corrected chi connectivity index (χ1v) is 14.0. The first kappa shape index (κ1) is 29.3. The van der Waals surface area contributed by atoms with Crippen molar-refractivity contribution < 1.29 is 23.7 Å². The second kappa shape index (κ2) is 15.2. The molecule has 0 bridgehead atoms. The molecular weight excluding hydrogens is 478 g/mol. The second-order valence-corrected chi connectivity index (χ2v) is 9.35. The smallest absolute Gasteiger partial charge is 0.187 e. The summed E-state index contributed by atoms with van der Waals surface area (Å²) in [6.07, 6.45) is 6.84. The van der Waals surface area contributed by atoms with E-state index >= 15 is 0 Å². The summed E-state index contributed by atoms with van der Waals surface area (Å²) in [6, 6.07) is 11.7. The van der Waals surface area contributed by atoms with Gasteiger partial charge in [0.05, 0.1) is 26.4 Å². The molecule has 1 aliphatic rings. The number of carbonyl (C=O) groups excluding carboxylic acids is 1. The Morgan fingerprint density at radius 3 is 1.53 bits per heavy atom. The van der Waals surface area contributed by atoms with Crippen molar-refractivity contribution in [1.82, 2.24) is 4.90 Å². The van der Waals surface area contributed by atoms with Crippen molar-refractivity contribution in [3.63, 3.8) is 0 Å². The van der Waals surface area contributed by atoms with E-state index in [4.69, 9.17) is 18.9 Å². The number of hydrogen-bond acceptors (Lipinski definition) is 6. The van der Waals surface area contributed by atoms with Gasteiger partial charge in [0.15, 0.2) is 28.8 Å². The summed E-state index contributed by atoms with van der Waals surface area (Å²) in [5.41, 5.74) is 3.39. The van der Waals surface area contributed by atoms with Gasteiger partial charge in [-0.1, -0.05) is 32.9 Å². The predicted octanol–water partition coefficient (Wildman–Crippen LogP) is 6.82. The minimum atomic E-state index is 0.0749. The largest absolute Gasteiger partial charge is 0.490 e. The van der Waals surface area contributed by atoms with E-state index in [9.17, 15) is 4.79 Å². The Bertz CT molecular complexity index is 1040. The number of benzene rings is 2. The Morgan fingerprint density at radius 1 is 0.658 bits per heavy atom. The van der Waals surface area contributed by atoms with E-state index in [2.05, 4.69) is 25.7 Å². The lowest BCUT2D eigenvalue weighted by Gasteiger charge is -2.29. The van der Waals surface area contributed by atoms with Crippen LogP contribution in [0, 0.1) is 0 Å². The van der Waals surface area contributed by atoms with E-state index < -0.39 is 0 Å². The SMILES string of the molecule is CCCOc1ccc(/C=C2\CN(CCC)C/C(=C\c3ccc(OCCC)c(OCC)c3)C2=O)cc1OCC. The van der Waals surface area contributed by atoms with E-state index in [1.807, 2.05) is 62.4 Å². The van der Waals surface area contributed by atoms with Crippen molar-refractivity contribution >= 4 is 17.9 Å². The van der Waals surface area contributed by atoms with Crippen molar-refractivity contribution in [2.45, 2.75) is 53.9 Å². The minimum Gasteiger partial charge on any atom is -0.490 e. The van der Waals surface area contributed by atoms with Gasteiger partial charge in [-0.15, -0.1) is 0 Å². The molecule has 1 aliphatic heterocycles. The highest BCUT2D eigenvalue weighted by Gasteiger charge is 2.26. The van der Waals surface area contributed by atoms with Crippen LogP contribution in [0.15, 0.2) is 47.5 Å². The average Bonchev–Trinajstić information content (AvgIpc) is 2.91. The fourth-order valence-electron chi connectivity index (χ4n) is 4.41. The molecule has 206 valence electrons. The van der Waals surface area contributed by atoms with Crippen LogP contribution < -0.4 is 18.9 Å². The third kappa shape index (κ3) is 8.12. The Morgan fingerprint density at radius 2 is 1.13 bits per heavy atom. The number of ether oxygens (including phenoxy) is 4. The summed E-state index contributed by atoms with van der Waals surface area (Å²) in [4.78, 5) is 16.0. The molecule has 0 atom stereocenters. The summed E-state index contributed by atoms with van der Waals surface area (Å²) in [6.45, 7) is 14.8. The van der Waals surface area contributed by atoms with Gasteiger partial charge in [-0.3, -0.25) is 9.69 Å². The van der Waals surface area contributed by atoms with Gasteiger partial charge in [-0.05, 0) is 87.2 Å². The Kier molecular flexibility index (Phi) is 11.7. The normalized spacial score (nSPS) is 16.2. The van der Waals surface area contributed by atoms with Crippen LogP contribution in [0.1, 0.15) is 65.0 Å². The Balaban J connectivity index is 1.94. The zero-order valence-electron chi connectivity index (χ0n) is 23.7. The molecule has 0 saturated carbocycles.